The number of aliphatic carboxylic acids is 1. The summed E-state index contributed by atoms with van der Waals surface area (Å²) in [5, 5.41) is 21.1. The van der Waals surface area contributed by atoms with Crippen LogP contribution in [0.4, 0.5) is 0 Å². The molecule has 0 aromatic heterocycles. The van der Waals surface area contributed by atoms with Crippen molar-refractivity contribution >= 4 is 5.97 Å². The first-order chi connectivity index (χ1) is 15.3. The summed E-state index contributed by atoms with van der Waals surface area (Å²) < 4.78 is 0. The molecule has 0 aromatic rings. The van der Waals surface area contributed by atoms with Crippen molar-refractivity contribution in [2.45, 2.75) is 112 Å². The predicted octanol–water partition coefficient (Wildman–Crippen LogP) is 7.09. The molecule has 5 saturated carbocycles. The molecule has 0 aliphatic heterocycles. The molecule has 5 rings (SSSR count). The molecule has 0 bridgehead atoms. The lowest BCUT2D eigenvalue weighted by atomic mass is 9.32. The van der Waals surface area contributed by atoms with Crippen LogP contribution in [-0.2, 0) is 4.79 Å². The van der Waals surface area contributed by atoms with E-state index in [0.29, 0.717) is 29.1 Å². The first-order valence-corrected chi connectivity index (χ1v) is 13.8. The number of carbonyl (C=O) groups is 1. The first kappa shape index (κ1) is 23.9. The van der Waals surface area contributed by atoms with Crippen molar-refractivity contribution in [3.8, 4) is 0 Å². The minimum atomic E-state index is -1.02. The van der Waals surface area contributed by atoms with Crippen molar-refractivity contribution in [3.05, 3.63) is 12.2 Å². The predicted molar refractivity (Wildman–Crippen MR) is 133 cm³/mol. The lowest BCUT2D eigenvalue weighted by Crippen LogP contribution is -2.67. The molecule has 0 heterocycles. The third kappa shape index (κ3) is 2.75. The highest BCUT2D eigenvalue weighted by Gasteiger charge is 2.71. The van der Waals surface area contributed by atoms with Gasteiger partial charge in [0.2, 0.25) is 0 Å². The second-order valence-corrected chi connectivity index (χ2v) is 14.5. The van der Waals surface area contributed by atoms with E-state index < -0.39 is 17.5 Å². The van der Waals surface area contributed by atoms with Crippen molar-refractivity contribution in [2.24, 2.45) is 56.7 Å². The van der Waals surface area contributed by atoms with E-state index in [1.54, 1.807) is 0 Å². The third-order valence-electron chi connectivity index (χ3n) is 13.6. The van der Waals surface area contributed by atoms with Crippen LogP contribution in [0.1, 0.15) is 106 Å². The van der Waals surface area contributed by atoms with E-state index in [1.165, 1.54) is 44.1 Å². The Bertz CT molecular complexity index is 865. The summed E-state index contributed by atoms with van der Waals surface area (Å²) in [5.74, 6) is 2.00. The number of carboxylic acids is 1. The van der Waals surface area contributed by atoms with Crippen LogP contribution in [0.5, 0.6) is 0 Å². The molecule has 0 spiro atoms. The van der Waals surface area contributed by atoms with Crippen LogP contribution >= 0.6 is 0 Å². The molecule has 186 valence electrons. The summed E-state index contributed by atoms with van der Waals surface area (Å²) in [6.07, 6.45) is 10.8. The Balaban J connectivity index is 1.55. The number of aliphatic hydroxyl groups is 1. The van der Waals surface area contributed by atoms with Gasteiger partial charge in [0.1, 0.15) is 0 Å². The van der Waals surface area contributed by atoms with Crippen molar-refractivity contribution in [1.82, 2.24) is 0 Å². The van der Waals surface area contributed by atoms with Crippen molar-refractivity contribution in [3.63, 3.8) is 0 Å². The molecule has 0 amide bonds. The molecule has 0 unspecified atom stereocenters. The van der Waals surface area contributed by atoms with Gasteiger partial charge in [0.25, 0.3) is 0 Å². The normalized spacial score (nSPS) is 57.9. The largest absolute Gasteiger partial charge is 0.481 e. The van der Waals surface area contributed by atoms with Crippen molar-refractivity contribution in [1.29, 1.82) is 0 Å². The molecule has 0 aromatic carbocycles. The molecule has 3 heteroatoms. The molecule has 0 saturated heterocycles. The van der Waals surface area contributed by atoms with Gasteiger partial charge in [-0.25, -0.2) is 0 Å². The first-order valence-electron chi connectivity index (χ1n) is 13.8. The Morgan fingerprint density at radius 2 is 1.52 bits per heavy atom. The summed E-state index contributed by atoms with van der Waals surface area (Å²) in [7, 11) is 0. The van der Waals surface area contributed by atoms with Crippen LogP contribution in [-0.4, -0.2) is 22.3 Å². The average molecular weight is 457 g/mol. The summed E-state index contributed by atoms with van der Waals surface area (Å²) >= 11 is 0. The van der Waals surface area contributed by atoms with Gasteiger partial charge >= 0.3 is 5.97 Å². The van der Waals surface area contributed by atoms with E-state index in [-0.39, 0.29) is 16.7 Å². The number of hydrogen-bond acceptors (Lipinski definition) is 2. The summed E-state index contributed by atoms with van der Waals surface area (Å²) in [4.78, 5) is 12.5. The fourth-order valence-corrected chi connectivity index (χ4v) is 11.5. The highest BCUT2D eigenvalue weighted by Crippen LogP contribution is 2.77. The minimum absolute atomic E-state index is 0.00245. The molecular weight excluding hydrogens is 408 g/mol. The third-order valence-corrected chi connectivity index (χ3v) is 13.6. The lowest BCUT2D eigenvalue weighted by Gasteiger charge is -2.72. The number of aliphatic hydroxyl groups excluding tert-OH is 1. The van der Waals surface area contributed by atoms with Gasteiger partial charge in [0, 0.05) is 0 Å². The van der Waals surface area contributed by atoms with Gasteiger partial charge in [0.15, 0.2) is 0 Å². The van der Waals surface area contributed by atoms with Crippen molar-refractivity contribution < 1.29 is 15.0 Å². The average Bonchev–Trinajstić information content (AvgIpc) is 3.09. The molecule has 2 N–H and O–H groups in total. The van der Waals surface area contributed by atoms with Crippen molar-refractivity contribution in [2.75, 3.05) is 0 Å². The topological polar surface area (TPSA) is 57.5 Å². The van der Waals surface area contributed by atoms with Crippen LogP contribution in [0, 0.1) is 56.7 Å². The molecule has 0 radical (unpaired) electrons. The molecular formula is C30H48O3. The van der Waals surface area contributed by atoms with Gasteiger partial charge in [0.05, 0.1) is 11.5 Å². The maximum absolute atomic E-state index is 12.5. The fourth-order valence-electron chi connectivity index (χ4n) is 11.5. The summed E-state index contributed by atoms with van der Waals surface area (Å²) in [5.41, 5.74) is 1.39. The van der Waals surface area contributed by atoms with Gasteiger partial charge in [-0.2, -0.15) is 0 Å². The van der Waals surface area contributed by atoms with Gasteiger partial charge in [-0.1, -0.05) is 39.8 Å². The van der Waals surface area contributed by atoms with Gasteiger partial charge in [-0.15, -0.1) is 0 Å². The van der Waals surface area contributed by atoms with Crippen LogP contribution in [0.15, 0.2) is 12.2 Å². The molecule has 5 aliphatic rings. The van der Waals surface area contributed by atoms with Crippen LogP contribution in [0.2, 0.25) is 0 Å². The summed E-state index contributed by atoms with van der Waals surface area (Å²) in [6, 6.07) is 0. The van der Waals surface area contributed by atoms with E-state index in [9.17, 15) is 15.0 Å². The molecule has 11 atom stereocenters. The molecule has 5 aliphatic carbocycles. The zero-order valence-electron chi connectivity index (χ0n) is 22.0. The van der Waals surface area contributed by atoms with Gasteiger partial charge in [-0.05, 0) is 129 Å². The highest BCUT2D eigenvalue weighted by molar-refractivity contribution is 5.76. The Kier molecular flexibility index (Phi) is 5.15. The second kappa shape index (κ2) is 7.11. The highest BCUT2D eigenvalue weighted by atomic mass is 16.4. The number of rotatable bonds is 2. The Labute approximate surface area is 201 Å². The molecule has 33 heavy (non-hydrogen) atoms. The lowest BCUT2D eigenvalue weighted by molar-refractivity contribution is -0.250. The van der Waals surface area contributed by atoms with E-state index in [4.69, 9.17) is 0 Å². The van der Waals surface area contributed by atoms with E-state index in [2.05, 4.69) is 41.2 Å². The van der Waals surface area contributed by atoms with Crippen LogP contribution in [0.3, 0.4) is 0 Å². The van der Waals surface area contributed by atoms with Gasteiger partial charge < -0.3 is 10.2 Å². The Hall–Kier alpha value is -0.830. The SMILES string of the molecule is C=C(C)[C@@H]1CC[C@]2(C)CC[C@]3(C)[C@@H](CC[C@@H]4[C@@]5(C)CC[C@H](O)[C@](C)(C(=O)O)[C@H]5CC[C@]43C)[C@H]12. The minimum Gasteiger partial charge on any atom is -0.481 e. The van der Waals surface area contributed by atoms with Crippen LogP contribution in [0.25, 0.3) is 0 Å². The van der Waals surface area contributed by atoms with E-state index in [1.807, 2.05) is 6.92 Å². The number of allylic oxidation sites excluding steroid dienone is 1. The molecule has 3 nitrogen and oxygen atoms in total. The monoisotopic (exact) mass is 456 g/mol. The van der Waals surface area contributed by atoms with E-state index >= 15 is 0 Å². The maximum atomic E-state index is 12.5. The van der Waals surface area contributed by atoms with Crippen LogP contribution < -0.4 is 0 Å². The summed E-state index contributed by atoms with van der Waals surface area (Å²) in [6.45, 7) is 18.8. The standard InChI is InChI=1S/C30H48O3/c1-18(2)19-10-13-26(3)16-17-28(5)20(24(19)26)8-9-21-27(4)14-12-23(31)30(7,25(32)33)22(27)11-15-29(21,28)6/h19-24,31H,1,8-17H2,2-7H3,(H,32,33)/t19-,20-,21+,22-,23-,24-,26+,27+,28+,29+,30+/m0/s1. The van der Waals surface area contributed by atoms with E-state index in [0.717, 1.165) is 31.1 Å². The second-order valence-electron chi connectivity index (χ2n) is 14.5. The molecule has 5 fully saturated rings. The fraction of sp³-hybridized carbons (Fsp3) is 0.900. The zero-order chi connectivity index (χ0) is 24.2. The Morgan fingerprint density at radius 3 is 2.15 bits per heavy atom. The quantitative estimate of drug-likeness (QED) is 0.436. The number of hydrogen-bond donors (Lipinski definition) is 2. The zero-order valence-corrected chi connectivity index (χ0v) is 22.0. The smallest absolute Gasteiger partial charge is 0.312 e. The van der Waals surface area contributed by atoms with Gasteiger partial charge in [-0.3, -0.25) is 4.79 Å². The number of fused-ring (bicyclic) bond motifs is 7. The number of carboxylic acid groups (broad SMARTS) is 1. The Morgan fingerprint density at radius 1 is 0.818 bits per heavy atom. The maximum Gasteiger partial charge on any atom is 0.312 e.